The highest BCUT2D eigenvalue weighted by atomic mass is 16.5. The van der Waals surface area contributed by atoms with E-state index in [1.807, 2.05) is 12.1 Å². The van der Waals surface area contributed by atoms with Crippen LogP contribution >= 0.6 is 0 Å². The lowest BCUT2D eigenvalue weighted by Crippen LogP contribution is -2.10. The van der Waals surface area contributed by atoms with E-state index < -0.39 is 0 Å². The van der Waals surface area contributed by atoms with Gasteiger partial charge >= 0.3 is 0 Å². The molecule has 0 saturated heterocycles. The molecule has 3 nitrogen and oxygen atoms in total. The molecule has 120 valence electrons. The Labute approximate surface area is 129 Å². The van der Waals surface area contributed by atoms with E-state index in [-0.39, 0.29) is 5.41 Å². The van der Waals surface area contributed by atoms with Gasteiger partial charge in [0, 0.05) is 19.6 Å². The first-order valence-electron chi connectivity index (χ1n) is 8.05. The second kappa shape index (κ2) is 9.80. The zero-order chi connectivity index (χ0) is 15.6. The van der Waals surface area contributed by atoms with Gasteiger partial charge in [0.05, 0.1) is 6.61 Å². The summed E-state index contributed by atoms with van der Waals surface area (Å²) in [5.41, 5.74) is 6.96. The average molecular weight is 293 g/mol. The molecule has 1 aromatic carbocycles. The number of hydrogen-bond donors (Lipinski definition) is 1. The highest BCUT2D eigenvalue weighted by molar-refractivity contribution is 5.31. The molecule has 0 atom stereocenters. The van der Waals surface area contributed by atoms with Gasteiger partial charge in [0.2, 0.25) is 0 Å². The van der Waals surface area contributed by atoms with Gasteiger partial charge in [-0.15, -0.1) is 0 Å². The minimum Gasteiger partial charge on any atom is -0.494 e. The van der Waals surface area contributed by atoms with E-state index in [1.165, 1.54) is 5.56 Å². The maximum atomic E-state index is 5.72. The normalized spacial score (nSPS) is 11.6. The lowest BCUT2D eigenvalue weighted by atomic mass is 9.87. The van der Waals surface area contributed by atoms with Crippen molar-refractivity contribution in [2.24, 2.45) is 5.73 Å². The molecule has 0 fully saturated rings. The second-order valence-electron chi connectivity index (χ2n) is 6.44. The molecule has 0 aliphatic heterocycles. The summed E-state index contributed by atoms with van der Waals surface area (Å²) < 4.78 is 11.3. The molecular weight excluding hydrogens is 262 g/mol. The number of ether oxygens (including phenoxy) is 2. The third-order valence-corrected chi connectivity index (χ3v) is 3.41. The van der Waals surface area contributed by atoms with Gasteiger partial charge in [-0.2, -0.15) is 0 Å². The van der Waals surface area contributed by atoms with E-state index in [2.05, 4.69) is 32.9 Å². The first-order chi connectivity index (χ1) is 10.0. The van der Waals surface area contributed by atoms with E-state index in [4.69, 9.17) is 15.2 Å². The minimum absolute atomic E-state index is 0.191. The molecule has 0 aliphatic carbocycles. The topological polar surface area (TPSA) is 44.5 Å². The van der Waals surface area contributed by atoms with E-state index in [0.717, 1.165) is 51.2 Å². The lowest BCUT2D eigenvalue weighted by Gasteiger charge is -2.19. The average Bonchev–Trinajstić information content (AvgIpc) is 2.45. The molecule has 0 heterocycles. The molecular formula is C18H31NO2. The number of unbranched alkanes of at least 4 members (excludes halogenated alkanes) is 2. The fraction of sp³-hybridized carbons (Fsp3) is 0.667. The molecule has 3 heteroatoms. The summed E-state index contributed by atoms with van der Waals surface area (Å²) in [6, 6.07) is 8.38. The molecule has 21 heavy (non-hydrogen) atoms. The molecule has 0 aromatic heterocycles. The summed E-state index contributed by atoms with van der Waals surface area (Å²) in [7, 11) is 0. The van der Waals surface area contributed by atoms with Crippen molar-refractivity contribution < 1.29 is 9.47 Å². The third kappa shape index (κ3) is 8.08. The van der Waals surface area contributed by atoms with Gasteiger partial charge in [-0.25, -0.2) is 0 Å². The third-order valence-electron chi connectivity index (χ3n) is 3.41. The Morgan fingerprint density at radius 3 is 2.14 bits per heavy atom. The van der Waals surface area contributed by atoms with Crippen LogP contribution in [-0.2, 0) is 10.2 Å². The van der Waals surface area contributed by atoms with Gasteiger partial charge in [-0.3, -0.25) is 0 Å². The maximum absolute atomic E-state index is 5.72. The van der Waals surface area contributed by atoms with Crippen molar-refractivity contribution in [2.45, 2.75) is 51.9 Å². The Hall–Kier alpha value is -1.06. The first kappa shape index (κ1) is 18.0. The van der Waals surface area contributed by atoms with Gasteiger partial charge in [0.15, 0.2) is 0 Å². The second-order valence-corrected chi connectivity index (χ2v) is 6.44. The van der Waals surface area contributed by atoms with Gasteiger partial charge in [-0.05, 0) is 48.9 Å². The van der Waals surface area contributed by atoms with E-state index >= 15 is 0 Å². The van der Waals surface area contributed by atoms with Gasteiger partial charge in [0.25, 0.3) is 0 Å². The molecule has 0 radical (unpaired) electrons. The fourth-order valence-corrected chi connectivity index (χ4v) is 2.03. The summed E-state index contributed by atoms with van der Waals surface area (Å²) in [6.07, 6.45) is 4.29. The SMILES string of the molecule is CC(C)(C)c1ccc(OCCCOCCCCCN)cc1. The van der Waals surface area contributed by atoms with Gasteiger partial charge in [-0.1, -0.05) is 32.9 Å². The number of hydrogen-bond acceptors (Lipinski definition) is 3. The van der Waals surface area contributed by atoms with Crippen LogP contribution in [0.1, 0.15) is 52.0 Å². The summed E-state index contributed by atoms with van der Waals surface area (Å²) in [4.78, 5) is 0. The number of rotatable bonds is 10. The van der Waals surface area contributed by atoms with Crippen molar-refractivity contribution in [2.75, 3.05) is 26.4 Å². The van der Waals surface area contributed by atoms with Crippen LogP contribution in [0, 0.1) is 0 Å². The van der Waals surface area contributed by atoms with Crippen molar-refractivity contribution in [3.8, 4) is 5.75 Å². The largest absolute Gasteiger partial charge is 0.494 e. The summed E-state index contributed by atoms with van der Waals surface area (Å²) in [5, 5.41) is 0. The van der Waals surface area contributed by atoms with Crippen LogP contribution in [-0.4, -0.2) is 26.4 Å². The maximum Gasteiger partial charge on any atom is 0.119 e. The minimum atomic E-state index is 0.191. The predicted molar refractivity (Wildman–Crippen MR) is 89.0 cm³/mol. The summed E-state index contributed by atoms with van der Waals surface area (Å²) in [5.74, 6) is 0.936. The Morgan fingerprint density at radius 2 is 1.52 bits per heavy atom. The Bertz CT molecular complexity index is 368. The molecule has 0 bridgehead atoms. The van der Waals surface area contributed by atoms with Crippen molar-refractivity contribution in [1.82, 2.24) is 0 Å². The van der Waals surface area contributed by atoms with Gasteiger partial charge < -0.3 is 15.2 Å². The summed E-state index contributed by atoms with van der Waals surface area (Å²) >= 11 is 0. The van der Waals surface area contributed by atoms with Crippen molar-refractivity contribution in [3.05, 3.63) is 29.8 Å². The highest BCUT2D eigenvalue weighted by Gasteiger charge is 2.12. The van der Waals surface area contributed by atoms with E-state index in [0.29, 0.717) is 6.61 Å². The van der Waals surface area contributed by atoms with Crippen LogP contribution in [0.4, 0.5) is 0 Å². The summed E-state index contributed by atoms with van der Waals surface area (Å²) in [6.45, 7) is 9.73. The predicted octanol–water partition coefficient (Wildman–Crippen LogP) is 3.90. The van der Waals surface area contributed by atoms with Crippen LogP contribution in [0.25, 0.3) is 0 Å². The molecule has 0 amide bonds. The van der Waals surface area contributed by atoms with Crippen molar-refractivity contribution >= 4 is 0 Å². The smallest absolute Gasteiger partial charge is 0.119 e. The Kier molecular flexibility index (Phi) is 8.40. The number of nitrogens with two attached hydrogens (primary N) is 1. The molecule has 0 aliphatic rings. The lowest BCUT2D eigenvalue weighted by molar-refractivity contribution is 0.116. The zero-order valence-electron chi connectivity index (χ0n) is 13.9. The fourth-order valence-electron chi connectivity index (χ4n) is 2.03. The highest BCUT2D eigenvalue weighted by Crippen LogP contribution is 2.24. The van der Waals surface area contributed by atoms with Crippen molar-refractivity contribution in [1.29, 1.82) is 0 Å². The van der Waals surface area contributed by atoms with Crippen LogP contribution < -0.4 is 10.5 Å². The van der Waals surface area contributed by atoms with Gasteiger partial charge in [0.1, 0.15) is 5.75 Å². The van der Waals surface area contributed by atoms with Crippen LogP contribution in [0.15, 0.2) is 24.3 Å². The monoisotopic (exact) mass is 293 g/mol. The van der Waals surface area contributed by atoms with Crippen LogP contribution in [0.2, 0.25) is 0 Å². The molecule has 2 N–H and O–H groups in total. The number of benzene rings is 1. The van der Waals surface area contributed by atoms with Crippen LogP contribution in [0.5, 0.6) is 5.75 Å². The Balaban J connectivity index is 2.08. The van der Waals surface area contributed by atoms with E-state index in [1.54, 1.807) is 0 Å². The molecule has 1 rings (SSSR count). The zero-order valence-corrected chi connectivity index (χ0v) is 13.9. The standard InChI is InChI=1S/C18H31NO2/c1-18(2,3)16-8-10-17(11-9-16)21-15-7-14-20-13-6-4-5-12-19/h8-11H,4-7,12-15,19H2,1-3H3. The Morgan fingerprint density at radius 1 is 0.857 bits per heavy atom. The molecule has 0 spiro atoms. The van der Waals surface area contributed by atoms with Crippen LogP contribution in [0.3, 0.4) is 0 Å². The molecule has 0 unspecified atom stereocenters. The molecule has 0 saturated carbocycles. The first-order valence-corrected chi connectivity index (χ1v) is 8.05. The van der Waals surface area contributed by atoms with E-state index in [9.17, 15) is 0 Å². The van der Waals surface area contributed by atoms with Crippen molar-refractivity contribution in [3.63, 3.8) is 0 Å². The molecule has 1 aromatic rings. The quantitative estimate of drug-likeness (QED) is 0.665.